The Hall–Kier alpha value is -3.35. The Morgan fingerprint density at radius 1 is 1.19 bits per heavy atom. The van der Waals surface area contributed by atoms with E-state index in [0.29, 0.717) is 35.7 Å². The first-order chi connectivity index (χ1) is 14.9. The van der Waals surface area contributed by atoms with Crippen LogP contribution in [0.5, 0.6) is 5.75 Å². The summed E-state index contributed by atoms with van der Waals surface area (Å²) in [6, 6.07) is 11.8. The summed E-state index contributed by atoms with van der Waals surface area (Å²) in [6.07, 6.45) is 2.83. The van der Waals surface area contributed by atoms with Gasteiger partial charge in [-0.25, -0.2) is 18.7 Å². The van der Waals surface area contributed by atoms with Crippen molar-refractivity contribution in [2.24, 2.45) is 5.92 Å². The standard InChI is InChI=1S/C24H23F2N3O2/c1-3-21-22(13-27-15(2)28-21)31-14-24(16-5-4-6-18(26)11-16)12-20(24)23(30)29-19-9-7-17(25)8-10-19/h4-11,13,20H,3,12,14H2,1-2H3,(H,29,30)/t20-,24+/m0/s1. The van der Waals surface area contributed by atoms with Crippen LogP contribution in [0, 0.1) is 24.5 Å². The topological polar surface area (TPSA) is 64.1 Å². The zero-order chi connectivity index (χ0) is 22.0. The number of rotatable bonds is 7. The lowest BCUT2D eigenvalue weighted by atomic mass is 9.93. The summed E-state index contributed by atoms with van der Waals surface area (Å²) < 4.78 is 33.2. The molecule has 0 aliphatic heterocycles. The number of hydrogen-bond acceptors (Lipinski definition) is 4. The van der Waals surface area contributed by atoms with Crippen molar-refractivity contribution in [3.63, 3.8) is 0 Å². The maximum Gasteiger partial charge on any atom is 0.228 e. The third-order valence-corrected chi connectivity index (χ3v) is 5.67. The van der Waals surface area contributed by atoms with Gasteiger partial charge in [0.1, 0.15) is 17.5 Å². The van der Waals surface area contributed by atoms with Gasteiger partial charge in [-0.05, 0) is 61.7 Å². The number of anilines is 1. The van der Waals surface area contributed by atoms with Crippen LogP contribution in [0.2, 0.25) is 0 Å². The molecule has 4 rings (SSSR count). The molecule has 0 unspecified atom stereocenters. The molecule has 1 saturated carbocycles. The highest BCUT2D eigenvalue weighted by Gasteiger charge is 2.60. The molecule has 0 spiro atoms. The van der Waals surface area contributed by atoms with E-state index in [9.17, 15) is 13.6 Å². The second kappa shape index (κ2) is 8.41. The molecule has 1 aliphatic carbocycles. The number of carbonyl (C=O) groups is 1. The summed E-state index contributed by atoms with van der Waals surface area (Å²) in [7, 11) is 0. The molecule has 0 saturated heterocycles. The number of ether oxygens (including phenoxy) is 1. The first-order valence-electron chi connectivity index (χ1n) is 10.2. The van der Waals surface area contributed by atoms with Crippen molar-refractivity contribution in [1.29, 1.82) is 0 Å². The molecule has 1 aromatic heterocycles. The second-order valence-electron chi connectivity index (χ2n) is 7.79. The summed E-state index contributed by atoms with van der Waals surface area (Å²) in [6.45, 7) is 3.98. The van der Waals surface area contributed by atoms with Crippen LogP contribution in [-0.2, 0) is 16.6 Å². The van der Waals surface area contributed by atoms with E-state index < -0.39 is 11.3 Å². The molecule has 5 nitrogen and oxygen atoms in total. The van der Waals surface area contributed by atoms with Crippen molar-refractivity contribution in [2.45, 2.75) is 32.1 Å². The molecule has 1 N–H and O–H groups in total. The van der Waals surface area contributed by atoms with Crippen LogP contribution < -0.4 is 10.1 Å². The zero-order valence-corrected chi connectivity index (χ0v) is 17.4. The third kappa shape index (κ3) is 4.40. The van der Waals surface area contributed by atoms with E-state index in [1.165, 1.54) is 36.4 Å². The predicted molar refractivity (Wildman–Crippen MR) is 113 cm³/mol. The molecule has 1 aliphatic rings. The van der Waals surface area contributed by atoms with Crippen LogP contribution in [0.1, 0.15) is 30.4 Å². The molecule has 1 fully saturated rings. The number of nitrogens with zero attached hydrogens (tertiary/aromatic N) is 2. The van der Waals surface area contributed by atoms with Crippen LogP contribution in [0.15, 0.2) is 54.7 Å². The number of aryl methyl sites for hydroxylation is 2. The highest BCUT2D eigenvalue weighted by molar-refractivity contribution is 5.96. The zero-order valence-electron chi connectivity index (χ0n) is 17.4. The Kier molecular flexibility index (Phi) is 5.67. The maximum atomic E-state index is 14.0. The third-order valence-electron chi connectivity index (χ3n) is 5.67. The highest BCUT2D eigenvalue weighted by atomic mass is 19.1. The minimum absolute atomic E-state index is 0.192. The molecule has 2 atom stereocenters. The summed E-state index contributed by atoms with van der Waals surface area (Å²) in [4.78, 5) is 21.6. The second-order valence-corrected chi connectivity index (χ2v) is 7.79. The van der Waals surface area contributed by atoms with Gasteiger partial charge in [0.05, 0.1) is 24.4 Å². The van der Waals surface area contributed by atoms with Crippen LogP contribution >= 0.6 is 0 Å². The number of hydrogen-bond donors (Lipinski definition) is 1. The Morgan fingerprint density at radius 3 is 2.68 bits per heavy atom. The first-order valence-corrected chi connectivity index (χ1v) is 10.2. The molecule has 31 heavy (non-hydrogen) atoms. The van der Waals surface area contributed by atoms with E-state index in [1.807, 2.05) is 19.9 Å². The molecule has 2 aromatic carbocycles. The van der Waals surface area contributed by atoms with Crippen molar-refractivity contribution in [1.82, 2.24) is 9.97 Å². The van der Waals surface area contributed by atoms with Crippen LogP contribution in [0.25, 0.3) is 0 Å². The molecular weight excluding hydrogens is 400 g/mol. The van der Waals surface area contributed by atoms with Gasteiger partial charge in [-0.15, -0.1) is 0 Å². The highest BCUT2D eigenvalue weighted by Crippen LogP contribution is 2.55. The van der Waals surface area contributed by atoms with Crippen molar-refractivity contribution in [2.75, 3.05) is 11.9 Å². The maximum absolute atomic E-state index is 14.0. The average molecular weight is 423 g/mol. The van der Waals surface area contributed by atoms with Crippen molar-refractivity contribution >= 4 is 11.6 Å². The van der Waals surface area contributed by atoms with E-state index in [2.05, 4.69) is 15.3 Å². The van der Waals surface area contributed by atoms with Crippen molar-refractivity contribution in [3.05, 3.63) is 83.4 Å². The summed E-state index contributed by atoms with van der Waals surface area (Å²) >= 11 is 0. The minimum atomic E-state index is -0.665. The van der Waals surface area contributed by atoms with Gasteiger partial charge in [-0.1, -0.05) is 19.1 Å². The van der Waals surface area contributed by atoms with E-state index in [1.54, 1.807) is 12.3 Å². The number of amides is 1. The quantitative estimate of drug-likeness (QED) is 0.603. The number of nitrogens with one attached hydrogen (secondary N) is 1. The average Bonchev–Trinajstić information content (AvgIpc) is 3.50. The van der Waals surface area contributed by atoms with E-state index in [-0.39, 0.29) is 24.1 Å². The fraction of sp³-hybridized carbons (Fsp3) is 0.292. The SMILES string of the molecule is CCc1nc(C)ncc1OC[C@@]1(c2cccc(F)c2)C[C@H]1C(=O)Nc1ccc(F)cc1. The molecule has 1 heterocycles. The van der Waals surface area contributed by atoms with Gasteiger partial charge in [0.25, 0.3) is 0 Å². The molecule has 0 bridgehead atoms. The van der Waals surface area contributed by atoms with Crippen molar-refractivity contribution in [3.8, 4) is 5.75 Å². The van der Waals surface area contributed by atoms with Gasteiger partial charge in [0.15, 0.2) is 5.75 Å². The number of carbonyl (C=O) groups excluding carboxylic acids is 1. The number of benzene rings is 2. The Morgan fingerprint density at radius 2 is 1.97 bits per heavy atom. The summed E-state index contributed by atoms with van der Waals surface area (Å²) in [5.41, 5.74) is 1.34. The van der Waals surface area contributed by atoms with E-state index in [0.717, 1.165) is 5.69 Å². The van der Waals surface area contributed by atoms with Gasteiger partial charge in [0.2, 0.25) is 5.91 Å². The van der Waals surface area contributed by atoms with Crippen LogP contribution in [0.3, 0.4) is 0 Å². The molecule has 1 amide bonds. The fourth-order valence-electron chi connectivity index (χ4n) is 3.86. The van der Waals surface area contributed by atoms with Crippen LogP contribution in [0.4, 0.5) is 14.5 Å². The van der Waals surface area contributed by atoms with Gasteiger partial charge < -0.3 is 10.1 Å². The molecular formula is C24H23F2N3O2. The monoisotopic (exact) mass is 423 g/mol. The Balaban J connectivity index is 1.57. The van der Waals surface area contributed by atoms with Gasteiger partial charge in [-0.3, -0.25) is 4.79 Å². The molecule has 160 valence electrons. The van der Waals surface area contributed by atoms with Gasteiger partial charge >= 0.3 is 0 Å². The lowest BCUT2D eigenvalue weighted by molar-refractivity contribution is -0.117. The van der Waals surface area contributed by atoms with Crippen molar-refractivity contribution < 1.29 is 18.3 Å². The predicted octanol–water partition coefficient (Wildman–Crippen LogP) is 4.60. The van der Waals surface area contributed by atoms with Gasteiger partial charge in [-0.2, -0.15) is 0 Å². The number of halogens is 2. The summed E-state index contributed by atoms with van der Waals surface area (Å²) in [5, 5.41) is 2.82. The van der Waals surface area contributed by atoms with Crippen LogP contribution in [-0.4, -0.2) is 22.5 Å². The van der Waals surface area contributed by atoms with E-state index >= 15 is 0 Å². The lowest BCUT2D eigenvalue weighted by Crippen LogP contribution is -2.27. The molecule has 0 radical (unpaired) electrons. The Labute approximate surface area is 179 Å². The lowest BCUT2D eigenvalue weighted by Gasteiger charge is -2.20. The van der Waals surface area contributed by atoms with E-state index in [4.69, 9.17) is 4.74 Å². The summed E-state index contributed by atoms with van der Waals surface area (Å²) in [5.74, 6) is -0.139. The Bertz CT molecular complexity index is 1100. The van der Waals surface area contributed by atoms with Gasteiger partial charge in [0, 0.05) is 11.1 Å². The smallest absolute Gasteiger partial charge is 0.228 e. The fourth-order valence-corrected chi connectivity index (χ4v) is 3.86. The first kappa shape index (κ1) is 20.9. The normalized spacial score (nSPS) is 19.7. The minimum Gasteiger partial charge on any atom is -0.489 e. The molecule has 7 heteroatoms. The molecule has 3 aromatic rings. The number of aromatic nitrogens is 2. The largest absolute Gasteiger partial charge is 0.489 e.